The molecular formula is C21H44N4O5. The lowest BCUT2D eigenvalue weighted by Gasteiger charge is -2.32. The number of methoxy groups -OCH3 is 1. The van der Waals surface area contributed by atoms with Gasteiger partial charge in [-0.15, -0.1) is 0 Å². The van der Waals surface area contributed by atoms with Gasteiger partial charge < -0.3 is 25.0 Å². The Labute approximate surface area is 182 Å². The second-order valence-electron chi connectivity index (χ2n) is 8.61. The van der Waals surface area contributed by atoms with Gasteiger partial charge >= 0.3 is 6.09 Å². The van der Waals surface area contributed by atoms with Crippen molar-refractivity contribution in [3.63, 3.8) is 0 Å². The predicted octanol–water partition coefficient (Wildman–Crippen LogP) is -0.103. The molecule has 0 aliphatic carbocycles. The van der Waals surface area contributed by atoms with Crippen LogP contribution in [0.4, 0.5) is 4.79 Å². The lowest BCUT2D eigenvalue weighted by atomic mass is 10.2. The quantitative estimate of drug-likeness (QED) is 0.535. The molecule has 1 aliphatic rings. The standard InChI is InChI=1S/C21H44N4O5/c1-18(26)15-22-7-5-8-24(17-20(3)28)13-14-25(21(29)30-4)10-6-9-23(12-11-22)16-19(2)27/h18-20,26-28H,5-17H2,1-4H3. The minimum absolute atomic E-state index is 0.329. The van der Waals surface area contributed by atoms with E-state index in [1.165, 1.54) is 7.11 Å². The van der Waals surface area contributed by atoms with Crippen LogP contribution >= 0.6 is 0 Å². The van der Waals surface area contributed by atoms with Gasteiger partial charge in [-0.05, 0) is 53.2 Å². The van der Waals surface area contributed by atoms with E-state index in [-0.39, 0.29) is 6.09 Å². The van der Waals surface area contributed by atoms with Crippen molar-refractivity contribution in [2.24, 2.45) is 0 Å². The van der Waals surface area contributed by atoms with E-state index >= 15 is 0 Å². The van der Waals surface area contributed by atoms with E-state index in [2.05, 4.69) is 14.7 Å². The van der Waals surface area contributed by atoms with Gasteiger partial charge in [0.15, 0.2) is 0 Å². The lowest BCUT2D eigenvalue weighted by Crippen LogP contribution is -2.45. The summed E-state index contributed by atoms with van der Waals surface area (Å²) < 4.78 is 4.95. The summed E-state index contributed by atoms with van der Waals surface area (Å²) in [5.41, 5.74) is 0. The molecule has 1 rings (SSSR count). The normalized spacial score (nSPS) is 22.8. The van der Waals surface area contributed by atoms with Crippen molar-refractivity contribution in [1.82, 2.24) is 19.6 Å². The molecule has 0 radical (unpaired) electrons. The molecule has 30 heavy (non-hydrogen) atoms. The molecule has 0 spiro atoms. The van der Waals surface area contributed by atoms with Crippen LogP contribution in [0.2, 0.25) is 0 Å². The third kappa shape index (κ3) is 12.0. The van der Waals surface area contributed by atoms with E-state index in [0.717, 1.165) is 45.6 Å². The number of hydrogen-bond donors (Lipinski definition) is 3. The Kier molecular flexibility index (Phi) is 13.5. The minimum atomic E-state index is -0.432. The summed E-state index contributed by atoms with van der Waals surface area (Å²) in [6.07, 6.45) is 0.126. The molecule has 0 aromatic carbocycles. The molecule has 0 bridgehead atoms. The van der Waals surface area contributed by atoms with E-state index in [0.29, 0.717) is 39.3 Å². The topological polar surface area (TPSA) is 100.0 Å². The van der Waals surface area contributed by atoms with Crippen molar-refractivity contribution in [1.29, 1.82) is 0 Å². The van der Waals surface area contributed by atoms with E-state index in [1.807, 2.05) is 0 Å². The number of hydrogen-bond acceptors (Lipinski definition) is 8. The first-order chi connectivity index (χ1) is 14.2. The molecule has 1 saturated heterocycles. The summed E-state index contributed by atoms with van der Waals surface area (Å²) in [4.78, 5) is 20.6. The number of carbonyl (C=O) groups is 1. The maximum Gasteiger partial charge on any atom is 0.409 e. The number of amides is 1. The van der Waals surface area contributed by atoms with Gasteiger partial charge in [-0.2, -0.15) is 0 Å². The predicted molar refractivity (Wildman–Crippen MR) is 118 cm³/mol. The monoisotopic (exact) mass is 432 g/mol. The molecule has 3 unspecified atom stereocenters. The van der Waals surface area contributed by atoms with Gasteiger partial charge in [0.1, 0.15) is 0 Å². The maximum absolute atomic E-state index is 12.2. The molecule has 1 aliphatic heterocycles. The smallest absolute Gasteiger partial charge is 0.409 e. The van der Waals surface area contributed by atoms with E-state index < -0.39 is 18.3 Å². The SMILES string of the molecule is COC(=O)N1CCCN(CC(C)O)CCN(CC(C)O)CCCN(CC(C)O)CC1. The number of aliphatic hydroxyl groups excluding tert-OH is 3. The van der Waals surface area contributed by atoms with Crippen molar-refractivity contribution in [3.8, 4) is 0 Å². The summed E-state index contributed by atoms with van der Waals surface area (Å²) in [6, 6.07) is 0. The van der Waals surface area contributed by atoms with Crippen LogP contribution in [0.3, 0.4) is 0 Å². The maximum atomic E-state index is 12.2. The third-order valence-electron chi connectivity index (χ3n) is 5.27. The van der Waals surface area contributed by atoms with Crippen LogP contribution in [0.5, 0.6) is 0 Å². The summed E-state index contributed by atoms with van der Waals surface area (Å²) >= 11 is 0. The van der Waals surface area contributed by atoms with Crippen LogP contribution < -0.4 is 0 Å². The largest absolute Gasteiger partial charge is 0.453 e. The molecule has 3 N–H and O–H groups in total. The van der Waals surface area contributed by atoms with Gasteiger partial charge in [-0.1, -0.05) is 0 Å². The third-order valence-corrected chi connectivity index (χ3v) is 5.27. The average molecular weight is 433 g/mol. The zero-order valence-electron chi connectivity index (χ0n) is 19.4. The zero-order valence-corrected chi connectivity index (χ0v) is 19.4. The Morgan fingerprint density at radius 2 is 1.07 bits per heavy atom. The highest BCUT2D eigenvalue weighted by atomic mass is 16.5. The Morgan fingerprint density at radius 1 is 0.700 bits per heavy atom. The molecule has 178 valence electrons. The fourth-order valence-corrected chi connectivity index (χ4v) is 3.98. The molecular weight excluding hydrogens is 388 g/mol. The Hall–Kier alpha value is -0.970. The van der Waals surface area contributed by atoms with Crippen LogP contribution in [-0.2, 0) is 4.74 Å². The number of rotatable bonds is 6. The lowest BCUT2D eigenvalue weighted by molar-refractivity contribution is 0.0786. The van der Waals surface area contributed by atoms with E-state index in [1.54, 1.807) is 25.7 Å². The fraction of sp³-hybridized carbons (Fsp3) is 0.952. The fourth-order valence-electron chi connectivity index (χ4n) is 3.98. The van der Waals surface area contributed by atoms with Crippen LogP contribution in [0.25, 0.3) is 0 Å². The first kappa shape index (κ1) is 27.1. The molecule has 1 fully saturated rings. The molecule has 1 amide bonds. The van der Waals surface area contributed by atoms with Gasteiger partial charge in [0.05, 0.1) is 25.4 Å². The summed E-state index contributed by atoms with van der Waals surface area (Å²) in [6.45, 7) is 13.0. The number of nitrogens with zero attached hydrogens (tertiary/aromatic N) is 4. The van der Waals surface area contributed by atoms with Crippen LogP contribution in [0, 0.1) is 0 Å². The van der Waals surface area contributed by atoms with E-state index in [9.17, 15) is 20.1 Å². The first-order valence-electron chi connectivity index (χ1n) is 11.3. The molecule has 9 heteroatoms. The molecule has 3 atom stereocenters. The highest BCUT2D eigenvalue weighted by Gasteiger charge is 2.19. The second kappa shape index (κ2) is 14.9. The van der Waals surface area contributed by atoms with Gasteiger partial charge in [-0.3, -0.25) is 14.7 Å². The van der Waals surface area contributed by atoms with Crippen molar-refractivity contribution >= 4 is 6.09 Å². The van der Waals surface area contributed by atoms with Crippen molar-refractivity contribution < 1.29 is 24.9 Å². The van der Waals surface area contributed by atoms with Crippen molar-refractivity contribution in [3.05, 3.63) is 0 Å². The van der Waals surface area contributed by atoms with Gasteiger partial charge in [-0.25, -0.2) is 4.79 Å². The van der Waals surface area contributed by atoms with Gasteiger partial charge in [0.2, 0.25) is 0 Å². The van der Waals surface area contributed by atoms with Crippen molar-refractivity contribution in [2.75, 3.05) is 79.1 Å². The zero-order chi connectivity index (χ0) is 22.5. The Bertz CT molecular complexity index is 465. The molecule has 1 heterocycles. The Morgan fingerprint density at radius 3 is 1.43 bits per heavy atom. The molecule has 0 aromatic rings. The molecule has 0 aromatic heterocycles. The van der Waals surface area contributed by atoms with E-state index in [4.69, 9.17) is 4.74 Å². The number of ether oxygens (including phenoxy) is 1. The number of aliphatic hydroxyl groups is 3. The number of β-amino-alcohol motifs (C(OH)–C–C–N with tert-alkyl or cyclic N) is 3. The van der Waals surface area contributed by atoms with Crippen LogP contribution in [-0.4, -0.2) is 138 Å². The summed E-state index contributed by atoms with van der Waals surface area (Å²) in [5, 5.41) is 29.6. The Balaban J connectivity index is 2.87. The minimum Gasteiger partial charge on any atom is -0.453 e. The average Bonchev–Trinajstić information content (AvgIpc) is 2.65. The van der Waals surface area contributed by atoms with Crippen LogP contribution in [0.15, 0.2) is 0 Å². The van der Waals surface area contributed by atoms with Crippen LogP contribution in [0.1, 0.15) is 33.6 Å². The van der Waals surface area contributed by atoms with Crippen molar-refractivity contribution in [2.45, 2.75) is 51.9 Å². The molecule has 0 saturated carbocycles. The highest BCUT2D eigenvalue weighted by molar-refractivity contribution is 5.67. The summed E-state index contributed by atoms with van der Waals surface area (Å²) in [5.74, 6) is 0. The first-order valence-corrected chi connectivity index (χ1v) is 11.3. The number of carbonyl (C=O) groups excluding carboxylic acids is 1. The van der Waals surface area contributed by atoms with Gasteiger partial charge in [0.25, 0.3) is 0 Å². The molecule has 9 nitrogen and oxygen atoms in total. The summed E-state index contributed by atoms with van der Waals surface area (Å²) in [7, 11) is 1.40. The second-order valence-corrected chi connectivity index (χ2v) is 8.61. The highest BCUT2D eigenvalue weighted by Crippen LogP contribution is 2.06. The van der Waals surface area contributed by atoms with Gasteiger partial charge in [0, 0.05) is 52.4 Å².